The van der Waals surface area contributed by atoms with Gasteiger partial charge < -0.3 is 4.74 Å². The van der Waals surface area contributed by atoms with Crippen LogP contribution >= 0.6 is 0 Å². The summed E-state index contributed by atoms with van der Waals surface area (Å²) in [7, 11) is 3.94. The van der Waals surface area contributed by atoms with E-state index in [1.807, 2.05) is 42.5 Å². The molecule has 2 nitrogen and oxygen atoms in total. The van der Waals surface area contributed by atoms with Crippen molar-refractivity contribution in [3.05, 3.63) is 137 Å². The van der Waals surface area contributed by atoms with E-state index in [9.17, 15) is 0 Å². The molecule has 3 aromatic carbocycles. The van der Waals surface area contributed by atoms with Crippen LogP contribution in [-0.4, -0.2) is 31.1 Å². The quantitative estimate of drug-likeness (QED) is 0.0964. The maximum absolute atomic E-state index is 5.58. The largest absolute Gasteiger partial charge is 2.00 e. The van der Waals surface area contributed by atoms with Crippen LogP contribution in [-0.2, 0) is 26.5 Å². The van der Waals surface area contributed by atoms with Crippen molar-refractivity contribution in [2.45, 2.75) is 97.9 Å². The SMILES string of the molecule is C(C=Cc1ccccc1)=Cc1ccccc1.CCCCCCCCCC.COC1=C(c2ccccc2)C=C(CN(C)C(C)(C)C)C1.[Ti+2]. The van der Waals surface area contributed by atoms with Crippen LogP contribution < -0.4 is 0 Å². The van der Waals surface area contributed by atoms with Gasteiger partial charge in [-0.1, -0.05) is 187 Å². The molecule has 0 N–H and O–H groups in total. The molecule has 0 aliphatic heterocycles. The number of likely N-dealkylation sites (N-methyl/N-ethyl adjacent to an activating group) is 1. The van der Waals surface area contributed by atoms with E-state index in [0.29, 0.717) is 0 Å². The molecule has 0 bridgehead atoms. The second-order valence-electron chi connectivity index (χ2n) is 13.1. The predicted molar refractivity (Wildman–Crippen MR) is 205 cm³/mol. The van der Waals surface area contributed by atoms with Crippen LogP contribution in [0.25, 0.3) is 17.7 Å². The van der Waals surface area contributed by atoms with Crippen molar-refractivity contribution >= 4 is 17.7 Å². The Morgan fingerprint density at radius 1 is 0.660 bits per heavy atom. The van der Waals surface area contributed by atoms with Crippen molar-refractivity contribution in [1.82, 2.24) is 4.90 Å². The van der Waals surface area contributed by atoms with E-state index >= 15 is 0 Å². The monoisotopic (exact) mass is 667 g/mol. The second-order valence-corrected chi connectivity index (χ2v) is 13.1. The molecule has 0 unspecified atom stereocenters. The van der Waals surface area contributed by atoms with Crippen LogP contribution in [0.4, 0.5) is 0 Å². The molecule has 250 valence electrons. The summed E-state index contributed by atoms with van der Waals surface area (Å²) in [6.07, 6.45) is 23.0. The summed E-state index contributed by atoms with van der Waals surface area (Å²) in [5.41, 5.74) is 6.51. The summed E-state index contributed by atoms with van der Waals surface area (Å²) in [5.74, 6) is 1.08. The Kier molecular flexibility index (Phi) is 22.5. The maximum atomic E-state index is 5.58. The Bertz CT molecular complexity index is 1260. The van der Waals surface area contributed by atoms with E-state index in [2.05, 4.69) is 125 Å². The van der Waals surface area contributed by atoms with Gasteiger partial charge in [0.15, 0.2) is 0 Å². The summed E-state index contributed by atoms with van der Waals surface area (Å²) in [5, 5.41) is 0. The fourth-order valence-electron chi connectivity index (χ4n) is 4.99. The molecule has 1 aliphatic carbocycles. The summed E-state index contributed by atoms with van der Waals surface area (Å²) >= 11 is 0. The molecule has 0 aromatic heterocycles. The second kappa shape index (κ2) is 25.2. The van der Waals surface area contributed by atoms with Crippen LogP contribution in [0.5, 0.6) is 0 Å². The van der Waals surface area contributed by atoms with Gasteiger partial charge in [0.1, 0.15) is 5.76 Å². The zero-order chi connectivity index (χ0) is 33.5. The van der Waals surface area contributed by atoms with Crippen LogP contribution in [0.15, 0.2) is 121 Å². The van der Waals surface area contributed by atoms with Crippen LogP contribution in [0, 0.1) is 0 Å². The molecule has 0 atom stereocenters. The zero-order valence-electron chi connectivity index (χ0n) is 30.5. The fraction of sp³-hybridized carbons (Fsp3) is 0.409. The normalized spacial score (nSPS) is 12.7. The summed E-state index contributed by atoms with van der Waals surface area (Å²) in [6, 6.07) is 31.0. The van der Waals surface area contributed by atoms with E-state index in [0.717, 1.165) is 18.7 Å². The molecule has 4 rings (SSSR count). The molecule has 0 radical (unpaired) electrons. The van der Waals surface area contributed by atoms with Gasteiger partial charge in [0.2, 0.25) is 0 Å². The number of ether oxygens (including phenoxy) is 1. The molecule has 0 spiro atoms. The van der Waals surface area contributed by atoms with Crippen LogP contribution in [0.1, 0.15) is 109 Å². The summed E-state index contributed by atoms with van der Waals surface area (Å²) in [6.45, 7) is 12.2. The van der Waals surface area contributed by atoms with Gasteiger partial charge >= 0.3 is 21.7 Å². The molecule has 0 amide bonds. The molecule has 3 aromatic rings. The molecular formula is C44H61NOTi+2. The minimum Gasteiger partial charge on any atom is -0.500 e. The van der Waals surface area contributed by atoms with Crippen molar-refractivity contribution in [2.24, 2.45) is 0 Å². The van der Waals surface area contributed by atoms with E-state index in [4.69, 9.17) is 4.74 Å². The number of allylic oxidation sites excluding steroid dienone is 5. The standard InChI is InChI=1S/C18H25NO.C16H14.C10H22.Ti/c1-18(2,3)19(4)13-14-11-16(17(12-14)20-5)15-9-7-6-8-10-15;1-3-9-15(10-4-1)13-7-8-14-16-11-5-2-6-12-16;1-3-5-7-9-10-8-6-4-2;/h6-11H,12-13H2,1-5H3;1-14H;3-10H2,1-2H3;/q;;;+2. The molecule has 47 heavy (non-hydrogen) atoms. The number of rotatable bonds is 14. The van der Waals surface area contributed by atoms with Crippen molar-refractivity contribution in [2.75, 3.05) is 20.7 Å². The van der Waals surface area contributed by atoms with E-state index in [1.165, 1.54) is 79.2 Å². The first-order valence-electron chi connectivity index (χ1n) is 17.5. The Balaban J connectivity index is 0.000000369. The average Bonchev–Trinajstić information content (AvgIpc) is 3.49. The van der Waals surface area contributed by atoms with Crippen LogP contribution in [0.3, 0.4) is 0 Å². The first kappa shape index (κ1) is 42.1. The van der Waals surface area contributed by atoms with Gasteiger partial charge in [0, 0.05) is 24.1 Å². The van der Waals surface area contributed by atoms with Gasteiger partial charge in [-0.2, -0.15) is 0 Å². The molecule has 0 fully saturated rings. The molecule has 0 saturated heterocycles. The van der Waals surface area contributed by atoms with Gasteiger partial charge in [-0.25, -0.2) is 0 Å². The van der Waals surface area contributed by atoms with Crippen molar-refractivity contribution in [1.29, 1.82) is 0 Å². The summed E-state index contributed by atoms with van der Waals surface area (Å²) < 4.78 is 5.58. The van der Waals surface area contributed by atoms with E-state index in [1.54, 1.807) is 7.11 Å². The van der Waals surface area contributed by atoms with Gasteiger partial charge in [0.05, 0.1) is 7.11 Å². The van der Waals surface area contributed by atoms with E-state index in [-0.39, 0.29) is 27.3 Å². The Hall–Kier alpha value is -2.91. The van der Waals surface area contributed by atoms with Gasteiger partial charge in [-0.05, 0) is 50.1 Å². The Labute approximate surface area is 303 Å². The van der Waals surface area contributed by atoms with E-state index < -0.39 is 0 Å². The summed E-state index contributed by atoms with van der Waals surface area (Å²) in [4.78, 5) is 2.38. The molecule has 0 saturated carbocycles. The molecular weight excluding hydrogens is 606 g/mol. The smallest absolute Gasteiger partial charge is 0.500 e. The first-order chi connectivity index (χ1) is 22.3. The number of methoxy groups -OCH3 is 1. The number of hydrogen-bond acceptors (Lipinski definition) is 2. The van der Waals surface area contributed by atoms with Crippen molar-refractivity contribution in [3.8, 4) is 0 Å². The topological polar surface area (TPSA) is 12.5 Å². The predicted octanol–water partition coefficient (Wildman–Crippen LogP) is 12.7. The minimum absolute atomic E-state index is 0. The Morgan fingerprint density at radius 3 is 1.49 bits per heavy atom. The molecule has 3 heteroatoms. The van der Waals surface area contributed by atoms with Gasteiger partial charge in [-0.15, -0.1) is 0 Å². The van der Waals surface area contributed by atoms with Crippen LogP contribution in [0.2, 0.25) is 0 Å². The van der Waals surface area contributed by atoms with Crippen molar-refractivity contribution in [3.63, 3.8) is 0 Å². The molecule has 1 aliphatic rings. The third-order valence-corrected chi connectivity index (χ3v) is 8.20. The third kappa shape index (κ3) is 18.3. The van der Waals surface area contributed by atoms with Gasteiger partial charge in [0.25, 0.3) is 0 Å². The average molecular weight is 668 g/mol. The van der Waals surface area contributed by atoms with Gasteiger partial charge in [-0.3, -0.25) is 4.90 Å². The zero-order valence-corrected chi connectivity index (χ0v) is 32.0. The number of hydrogen-bond donors (Lipinski definition) is 0. The number of benzene rings is 3. The fourth-order valence-corrected chi connectivity index (χ4v) is 4.99. The van der Waals surface area contributed by atoms with Crippen molar-refractivity contribution < 1.29 is 26.5 Å². The minimum atomic E-state index is 0. The third-order valence-electron chi connectivity index (χ3n) is 8.20. The number of unbranched alkanes of at least 4 members (excludes halogenated alkanes) is 7. The number of nitrogens with zero attached hydrogens (tertiary/aromatic N) is 1. The Morgan fingerprint density at radius 2 is 1.09 bits per heavy atom. The maximum Gasteiger partial charge on any atom is 2.00 e. The molecule has 0 heterocycles. The first-order valence-corrected chi connectivity index (χ1v) is 17.5.